The molecule has 1 N–H and O–H groups in total. The number of nitrogens with one attached hydrogen (secondary N) is 1. The Labute approximate surface area is 109 Å². The van der Waals surface area contributed by atoms with Crippen LogP contribution in [0.5, 0.6) is 0 Å². The normalized spacial score (nSPS) is 11.2. The van der Waals surface area contributed by atoms with E-state index in [1.54, 1.807) is 13.0 Å². The number of rotatable bonds is 4. The largest absolute Gasteiger partial charge is 0.361 e. The Balaban J connectivity index is 2.11. The standard InChI is InChI=1S/C11H10N4O3S/c1-8-4-10(15-18-8)6-14-19(16,17)11-3-2-9(5-12)13-7-11/h2-4,7,14H,6H2,1H3. The summed E-state index contributed by atoms with van der Waals surface area (Å²) in [4.78, 5) is 3.70. The Kier molecular flexibility index (Phi) is 3.59. The predicted octanol–water partition coefficient (Wildman–Crippen LogP) is 0.728. The molecule has 2 heterocycles. The first kappa shape index (κ1) is 13.2. The molecule has 0 aliphatic carbocycles. The molecule has 2 rings (SSSR count). The molecule has 0 saturated carbocycles. The molecule has 0 radical (unpaired) electrons. The molecule has 0 atom stereocenters. The average Bonchev–Trinajstić information content (AvgIpc) is 2.82. The second kappa shape index (κ2) is 5.17. The summed E-state index contributed by atoms with van der Waals surface area (Å²) in [7, 11) is -3.68. The van der Waals surface area contributed by atoms with Crippen LogP contribution in [-0.2, 0) is 16.6 Å². The van der Waals surface area contributed by atoms with Crippen molar-refractivity contribution in [1.82, 2.24) is 14.9 Å². The zero-order valence-corrected chi connectivity index (χ0v) is 10.8. The van der Waals surface area contributed by atoms with E-state index < -0.39 is 10.0 Å². The van der Waals surface area contributed by atoms with Crippen LogP contribution in [0.15, 0.2) is 33.8 Å². The Bertz CT molecular complexity index is 713. The highest BCUT2D eigenvalue weighted by atomic mass is 32.2. The molecule has 0 spiro atoms. The number of nitrogens with zero attached hydrogens (tertiary/aromatic N) is 3. The van der Waals surface area contributed by atoms with Gasteiger partial charge in [0.1, 0.15) is 22.4 Å². The van der Waals surface area contributed by atoms with Gasteiger partial charge in [0.2, 0.25) is 10.0 Å². The van der Waals surface area contributed by atoms with Gasteiger partial charge in [-0.1, -0.05) is 5.16 Å². The highest BCUT2D eigenvalue weighted by molar-refractivity contribution is 7.89. The van der Waals surface area contributed by atoms with E-state index in [-0.39, 0.29) is 17.1 Å². The van der Waals surface area contributed by atoms with Gasteiger partial charge in [-0.3, -0.25) is 0 Å². The molecule has 0 aromatic carbocycles. The second-order valence-electron chi connectivity index (χ2n) is 3.74. The van der Waals surface area contributed by atoms with Gasteiger partial charge < -0.3 is 4.52 Å². The van der Waals surface area contributed by atoms with E-state index in [0.29, 0.717) is 11.5 Å². The Morgan fingerprint density at radius 1 is 1.47 bits per heavy atom. The number of nitriles is 1. The molecule has 98 valence electrons. The molecule has 2 aromatic rings. The van der Waals surface area contributed by atoms with Crippen molar-refractivity contribution in [2.24, 2.45) is 0 Å². The summed E-state index contributed by atoms with van der Waals surface area (Å²) in [5.41, 5.74) is 0.647. The van der Waals surface area contributed by atoms with Crippen LogP contribution < -0.4 is 4.72 Å². The highest BCUT2D eigenvalue weighted by Crippen LogP contribution is 2.09. The molecular weight excluding hydrogens is 268 g/mol. The third-order valence-corrected chi connectivity index (χ3v) is 3.67. The monoisotopic (exact) mass is 278 g/mol. The van der Waals surface area contributed by atoms with Crippen LogP contribution in [0.4, 0.5) is 0 Å². The third kappa shape index (κ3) is 3.15. The van der Waals surface area contributed by atoms with E-state index in [1.165, 1.54) is 12.1 Å². The summed E-state index contributed by atoms with van der Waals surface area (Å²) < 4.78 is 31.0. The Morgan fingerprint density at radius 3 is 2.79 bits per heavy atom. The lowest BCUT2D eigenvalue weighted by Gasteiger charge is -2.04. The molecule has 2 aromatic heterocycles. The molecule has 0 amide bonds. The maximum absolute atomic E-state index is 11.9. The topological polar surface area (TPSA) is 109 Å². The lowest BCUT2D eigenvalue weighted by Crippen LogP contribution is -2.23. The van der Waals surface area contributed by atoms with E-state index >= 15 is 0 Å². The average molecular weight is 278 g/mol. The van der Waals surface area contributed by atoms with Crippen molar-refractivity contribution in [3.8, 4) is 6.07 Å². The van der Waals surface area contributed by atoms with Crippen LogP contribution in [0.3, 0.4) is 0 Å². The van der Waals surface area contributed by atoms with E-state index in [1.807, 2.05) is 6.07 Å². The van der Waals surface area contributed by atoms with Crippen molar-refractivity contribution >= 4 is 10.0 Å². The number of sulfonamides is 1. The molecule has 0 aliphatic rings. The van der Waals surface area contributed by atoms with Gasteiger partial charge in [-0.25, -0.2) is 18.1 Å². The Hall–Kier alpha value is -2.24. The number of aromatic nitrogens is 2. The predicted molar refractivity (Wildman–Crippen MR) is 64.2 cm³/mol. The van der Waals surface area contributed by atoms with Crippen LogP contribution in [0.1, 0.15) is 17.1 Å². The summed E-state index contributed by atoms with van der Waals surface area (Å²) in [6.45, 7) is 1.75. The maximum Gasteiger partial charge on any atom is 0.242 e. The fourth-order valence-corrected chi connectivity index (χ4v) is 2.30. The quantitative estimate of drug-likeness (QED) is 0.882. The molecule has 0 fully saturated rings. The number of hydrogen-bond acceptors (Lipinski definition) is 6. The van der Waals surface area contributed by atoms with E-state index in [0.717, 1.165) is 6.20 Å². The molecule has 0 saturated heterocycles. The van der Waals surface area contributed by atoms with Gasteiger partial charge in [-0.2, -0.15) is 5.26 Å². The lowest BCUT2D eigenvalue weighted by atomic mass is 10.4. The number of aryl methyl sites for hydroxylation is 1. The van der Waals surface area contributed by atoms with Crippen molar-refractivity contribution in [3.05, 3.63) is 41.5 Å². The van der Waals surface area contributed by atoms with Gasteiger partial charge in [0.25, 0.3) is 0 Å². The van der Waals surface area contributed by atoms with Crippen molar-refractivity contribution in [1.29, 1.82) is 5.26 Å². The van der Waals surface area contributed by atoms with Crippen molar-refractivity contribution in [3.63, 3.8) is 0 Å². The van der Waals surface area contributed by atoms with Gasteiger partial charge in [0.15, 0.2) is 0 Å². The second-order valence-corrected chi connectivity index (χ2v) is 5.51. The van der Waals surface area contributed by atoms with Crippen molar-refractivity contribution in [2.45, 2.75) is 18.4 Å². The molecule has 0 bridgehead atoms. The smallest absolute Gasteiger partial charge is 0.242 e. The fourth-order valence-electron chi connectivity index (χ4n) is 1.36. The number of pyridine rings is 1. The summed E-state index contributed by atoms with van der Waals surface area (Å²) >= 11 is 0. The zero-order valence-electron chi connectivity index (χ0n) is 9.99. The van der Waals surface area contributed by atoms with E-state index in [2.05, 4.69) is 14.9 Å². The van der Waals surface area contributed by atoms with Gasteiger partial charge in [-0.05, 0) is 19.1 Å². The van der Waals surface area contributed by atoms with Gasteiger partial charge >= 0.3 is 0 Å². The summed E-state index contributed by atoms with van der Waals surface area (Å²) in [6, 6.07) is 6.12. The van der Waals surface area contributed by atoms with Crippen molar-refractivity contribution in [2.75, 3.05) is 0 Å². The first-order valence-corrected chi connectivity index (χ1v) is 6.77. The van der Waals surface area contributed by atoms with Crippen LogP contribution >= 0.6 is 0 Å². The first-order valence-electron chi connectivity index (χ1n) is 5.29. The van der Waals surface area contributed by atoms with Gasteiger partial charge in [0.05, 0.1) is 12.2 Å². The highest BCUT2D eigenvalue weighted by Gasteiger charge is 2.15. The summed E-state index contributed by atoms with van der Waals surface area (Å²) in [5.74, 6) is 0.606. The zero-order chi connectivity index (χ0) is 13.9. The molecular formula is C11H10N4O3S. The minimum atomic E-state index is -3.68. The summed E-state index contributed by atoms with van der Waals surface area (Å²) in [5, 5.41) is 12.3. The van der Waals surface area contributed by atoms with Crippen LogP contribution in [0.2, 0.25) is 0 Å². The molecule has 0 aliphatic heterocycles. The van der Waals surface area contributed by atoms with E-state index in [4.69, 9.17) is 9.78 Å². The summed E-state index contributed by atoms with van der Waals surface area (Å²) in [6.07, 6.45) is 1.13. The fraction of sp³-hybridized carbons (Fsp3) is 0.182. The Morgan fingerprint density at radius 2 is 2.26 bits per heavy atom. The molecule has 8 heteroatoms. The van der Waals surface area contributed by atoms with Gasteiger partial charge in [0, 0.05) is 12.3 Å². The minimum Gasteiger partial charge on any atom is -0.361 e. The van der Waals surface area contributed by atoms with Gasteiger partial charge in [-0.15, -0.1) is 0 Å². The lowest BCUT2D eigenvalue weighted by molar-refractivity contribution is 0.390. The van der Waals surface area contributed by atoms with Crippen molar-refractivity contribution < 1.29 is 12.9 Å². The number of hydrogen-bond donors (Lipinski definition) is 1. The van der Waals surface area contributed by atoms with Crippen LogP contribution in [-0.4, -0.2) is 18.6 Å². The molecule has 7 nitrogen and oxygen atoms in total. The van der Waals surface area contributed by atoms with Crippen LogP contribution in [0, 0.1) is 18.3 Å². The minimum absolute atomic E-state index is 0.00767. The molecule has 19 heavy (non-hydrogen) atoms. The molecule has 0 unspecified atom stereocenters. The SMILES string of the molecule is Cc1cc(CNS(=O)(=O)c2ccc(C#N)nc2)no1. The van der Waals surface area contributed by atoms with E-state index in [9.17, 15) is 8.42 Å². The first-order chi connectivity index (χ1) is 9.01. The third-order valence-electron chi connectivity index (χ3n) is 2.28. The van der Waals surface area contributed by atoms with Crippen LogP contribution in [0.25, 0.3) is 0 Å². The maximum atomic E-state index is 11.9.